The van der Waals surface area contributed by atoms with E-state index in [4.69, 9.17) is 16.3 Å². The number of carbonyl (C=O) groups excluding carboxylic acids is 1. The number of ether oxygens (including phenoxy) is 1. The largest absolute Gasteiger partial charge is 0.497 e. The molecular weight excluding hydrogens is 392 g/mol. The number of non-ortho nitro benzene ring substituents is 1. The molecule has 0 saturated heterocycles. The topological polar surface area (TPSA) is 81.5 Å². The van der Waals surface area contributed by atoms with Gasteiger partial charge in [0.1, 0.15) is 5.75 Å². The number of benzene rings is 3. The Bertz CT molecular complexity index is 987. The molecule has 3 aromatic rings. The molecule has 0 radical (unpaired) electrons. The molecule has 0 amide bonds. The van der Waals surface area contributed by atoms with Gasteiger partial charge in [-0.05, 0) is 54.1 Å². The van der Waals surface area contributed by atoms with E-state index < -0.39 is 4.92 Å². The number of hydrogen-bond acceptors (Lipinski definition) is 5. The number of Topliss-reactive ketones (excluding diaryl/α,β-unsaturated/α-hetero) is 1. The van der Waals surface area contributed by atoms with Crippen LogP contribution >= 0.6 is 11.6 Å². The normalized spacial score (nSPS) is 11.5. The summed E-state index contributed by atoms with van der Waals surface area (Å²) in [5.74, 6) is 0.670. The highest BCUT2D eigenvalue weighted by molar-refractivity contribution is 6.30. The summed E-state index contributed by atoms with van der Waals surface area (Å²) in [6, 6.07) is 20.0. The molecule has 29 heavy (non-hydrogen) atoms. The van der Waals surface area contributed by atoms with E-state index in [0.29, 0.717) is 22.0 Å². The second-order valence-corrected chi connectivity index (χ2v) is 6.84. The molecule has 0 fully saturated rings. The van der Waals surface area contributed by atoms with E-state index in [-0.39, 0.29) is 23.9 Å². The molecule has 0 aromatic heterocycles. The first-order valence-corrected chi connectivity index (χ1v) is 9.28. The zero-order valence-corrected chi connectivity index (χ0v) is 16.4. The number of nitro benzene ring substituents is 1. The fraction of sp³-hybridized carbons (Fsp3) is 0.136. The zero-order chi connectivity index (χ0) is 20.8. The van der Waals surface area contributed by atoms with Crippen LogP contribution in [0, 0.1) is 10.1 Å². The van der Waals surface area contributed by atoms with Crippen LogP contribution in [0.25, 0.3) is 0 Å². The number of hydrogen-bond donors (Lipinski definition) is 1. The van der Waals surface area contributed by atoms with Gasteiger partial charge in [-0.2, -0.15) is 0 Å². The van der Waals surface area contributed by atoms with E-state index in [1.54, 1.807) is 43.5 Å². The molecule has 0 aliphatic carbocycles. The summed E-state index contributed by atoms with van der Waals surface area (Å²) in [7, 11) is 1.59. The van der Waals surface area contributed by atoms with Crippen molar-refractivity contribution in [2.24, 2.45) is 0 Å². The van der Waals surface area contributed by atoms with Gasteiger partial charge in [0.15, 0.2) is 5.78 Å². The smallest absolute Gasteiger partial charge is 0.269 e. The van der Waals surface area contributed by atoms with E-state index in [1.165, 1.54) is 12.1 Å². The minimum Gasteiger partial charge on any atom is -0.497 e. The molecule has 3 aromatic carbocycles. The van der Waals surface area contributed by atoms with Gasteiger partial charge in [0.05, 0.1) is 18.1 Å². The van der Waals surface area contributed by atoms with Gasteiger partial charge in [-0.3, -0.25) is 14.9 Å². The van der Waals surface area contributed by atoms with E-state index in [0.717, 1.165) is 5.56 Å². The zero-order valence-electron chi connectivity index (χ0n) is 15.7. The number of ketones is 1. The molecule has 0 bridgehead atoms. The molecule has 0 saturated carbocycles. The van der Waals surface area contributed by atoms with Crippen molar-refractivity contribution in [3.8, 4) is 5.75 Å². The first-order valence-electron chi connectivity index (χ1n) is 8.90. The third-order valence-corrected chi connectivity index (χ3v) is 4.74. The van der Waals surface area contributed by atoms with E-state index >= 15 is 0 Å². The lowest BCUT2D eigenvalue weighted by Crippen LogP contribution is -2.16. The summed E-state index contributed by atoms with van der Waals surface area (Å²) in [5, 5.41) is 14.7. The predicted octanol–water partition coefficient (Wildman–Crippen LogP) is 5.68. The first kappa shape index (κ1) is 20.4. The van der Waals surface area contributed by atoms with Gasteiger partial charge in [-0.25, -0.2) is 0 Å². The maximum atomic E-state index is 12.8. The fourth-order valence-electron chi connectivity index (χ4n) is 2.91. The third kappa shape index (κ3) is 5.33. The highest BCUT2D eigenvalue weighted by Crippen LogP contribution is 2.27. The maximum absolute atomic E-state index is 12.8. The number of halogens is 1. The molecule has 0 aliphatic rings. The van der Waals surface area contributed by atoms with E-state index in [2.05, 4.69) is 5.32 Å². The minimum atomic E-state index is -0.450. The first-order chi connectivity index (χ1) is 14.0. The molecule has 1 atom stereocenters. The Kier molecular flexibility index (Phi) is 6.46. The average molecular weight is 411 g/mol. The van der Waals surface area contributed by atoms with Crippen LogP contribution in [0.3, 0.4) is 0 Å². The Labute approximate surface area is 173 Å². The molecule has 148 valence electrons. The van der Waals surface area contributed by atoms with Crippen molar-refractivity contribution in [3.05, 3.63) is 99.1 Å². The van der Waals surface area contributed by atoms with Gasteiger partial charge in [0.2, 0.25) is 0 Å². The Hall–Kier alpha value is -3.38. The SMILES string of the molecule is COc1ccc(C(CC(=O)c2ccc(Cl)cc2)Nc2ccc([N+](=O)[O-])cc2)cc1. The quantitative estimate of drug-likeness (QED) is 0.293. The van der Waals surface area contributed by atoms with Crippen LogP contribution in [0.2, 0.25) is 5.02 Å². The number of methoxy groups -OCH3 is 1. The molecular formula is C22H19ClN2O4. The summed E-state index contributed by atoms with van der Waals surface area (Å²) in [4.78, 5) is 23.2. The summed E-state index contributed by atoms with van der Waals surface area (Å²) in [5.41, 5.74) is 2.15. The second kappa shape index (κ2) is 9.21. The van der Waals surface area contributed by atoms with Gasteiger partial charge < -0.3 is 10.1 Å². The Morgan fingerprint density at radius 1 is 1.03 bits per heavy atom. The van der Waals surface area contributed by atoms with Crippen molar-refractivity contribution in [2.75, 3.05) is 12.4 Å². The highest BCUT2D eigenvalue weighted by Gasteiger charge is 2.18. The summed E-state index contributed by atoms with van der Waals surface area (Å²) < 4.78 is 5.20. The van der Waals surface area contributed by atoms with Crippen LogP contribution in [-0.4, -0.2) is 17.8 Å². The van der Waals surface area contributed by atoms with Gasteiger partial charge in [-0.15, -0.1) is 0 Å². The summed E-state index contributed by atoms with van der Waals surface area (Å²) in [6.07, 6.45) is 0.199. The van der Waals surface area contributed by atoms with E-state index in [1.807, 2.05) is 24.3 Å². The Morgan fingerprint density at radius 3 is 2.21 bits per heavy atom. The number of carbonyl (C=O) groups is 1. The molecule has 0 aliphatic heterocycles. The molecule has 0 spiro atoms. The molecule has 6 nitrogen and oxygen atoms in total. The monoisotopic (exact) mass is 410 g/mol. The van der Waals surface area contributed by atoms with E-state index in [9.17, 15) is 14.9 Å². The van der Waals surface area contributed by atoms with Gasteiger partial charge >= 0.3 is 0 Å². The molecule has 1 unspecified atom stereocenters. The van der Waals surface area contributed by atoms with Crippen molar-refractivity contribution < 1.29 is 14.5 Å². The average Bonchev–Trinajstić information content (AvgIpc) is 2.74. The molecule has 3 rings (SSSR count). The minimum absolute atomic E-state index is 0.00814. The van der Waals surface area contributed by atoms with Crippen molar-refractivity contribution in [1.82, 2.24) is 0 Å². The molecule has 1 N–H and O–H groups in total. The number of rotatable bonds is 8. The van der Waals surface area contributed by atoms with Crippen LogP contribution in [0.5, 0.6) is 5.75 Å². The Balaban J connectivity index is 1.84. The lowest BCUT2D eigenvalue weighted by Gasteiger charge is -2.20. The third-order valence-electron chi connectivity index (χ3n) is 4.49. The standard InChI is InChI=1S/C22H19ClN2O4/c1-29-20-12-4-15(5-13-20)21(14-22(26)16-2-6-17(23)7-3-16)24-18-8-10-19(11-9-18)25(27)28/h2-13,21,24H,14H2,1H3. The van der Waals surface area contributed by atoms with Crippen molar-refractivity contribution >= 4 is 28.8 Å². The van der Waals surface area contributed by atoms with Crippen LogP contribution in [0.1, 0.15) is 28.4 Å². The predicted molar refractivity (Wildman–Crippen MR) is 113 cm³/mol. The Morgan fingerprint density at radius 2 is 1.66 bits per heavy atom. The van der Waals surface area contributed by atoms with Crippen molar-refractivity contribution in [1.29, 1.82) is 0 Å². The molecule has 7 heteroatoms. The number of nitrogens with one attached hydrogen (secondary N) is 1. The number of nitrogens with zero attached hydrogens (tertiary/aromatic N) is 1. The van der Waals surface area contributed by atoms with Crippen molar-refractivity contribution in [2.45, 2.75) is 12.5 Å². The van der Waals surface area contributed by atoms with Gasteiger partial charge in [0, 0.05) is 34.8 Å². The molecule has 0 heterocycles. The van der Waals surface area contributed by atoms with Crippen LogP contribution < -0.4 is 10.1 Å². The van der Waals surface area contributed by atoms with Gasteiger partial charge in [0.25, 0.3) is 5.69 Å². The van der Waals surface area contributed by atoms with Crippen molar-refractivity contribution in [3.63, 3.8) is 0 Å². The van der Waals surface area contributed by atoms with Crippen LogP contribution in [0.15, 0.2) is 72.8 Å². The lowest BCUT2D eigenvalue weighted by molar-refractivity contribution is -0.384. The summed E-state index contributed by atoms with van der Waals surface area (Å²) >= 11 is 5.91. The van der Waals surface area contributed by atoms with Gasteiger partial charge in [-0.1, -0.05) is 23.7 Å². The van der Waals surface area contributed by atoms with Crippen LogP contribution in [-0.2, 0) is 0 Å². The highest BCUT2D eigenvalue weighted by atomic mass is 35.5. The second-order valence-electron chi connectivity index (χ2n) is 6.41. The fourth-order valence-corrected chi connectivity index (χ4v) is 3.03. The summed E-state index contributed by atoms with van der Waals surface area (Å²) in [6.45, 7) is 0. The van der Waals surface area contributed by atoms with Crippen LogP contribution in [0.4, 0.5) is 11.4 Å². The maximum Gasteiger partial charge on any atom is 0.269 e. The lowest BCUT2D eigenvalue weighted by atomic mass is 9.97. The number of nitro groups is 1. The number of anilines is 1.